The number of hydrogen-bond acceptors (Lipinski definition) is 5. The molecule has 1 atom stereocenters. The summed E-state index contributed by atoms with van der Waals surface area (Å²) in [5.41, 5.74) is -0.603. The van der Waals surface area contributed by atoms with Crippen LogP contribution in [0.25, 0.3) is 5.65 Å². The van der Waals surface area contributed by atoms with Gasteiger partial charge in [-0.3, -0.25) is 4.98 Å². The van der Waals surface area contributed by atoms with Crippen molar-refractivity contribution in [3.05, 3.63) is 29.1 Å². The summed E-state index contributed by atoms with van der Waals surface area (Å²) in [6, 6.07) is -0.786. The maximum Gasteiger partial charge on any atom is 0.351 e. The molecule has 0 aliphatic heterocycles. The number of hydrogen-bond donors (Lipinski definition) is 0. The number of ether oxygens (including phenoxy) is 1. The van der Waals surface area contributed by atoms with Gasteiger partial charge in [-0.15, -0.1) is 5.10 Å². The van der Waals surface area contributed by atoms with Crippen LogP contribution in [0.3, 0.4) is 0 Å². The van der Waals surface area contributed by atoms with Crippen molar-refractivity contribution < 1.29 is 9.53 Å². The Balaban J connectivity index is 2.37. The van der Waals surface area contributed by atoms with Crippen molar-refractivity contribution in [3.8, 4) is 0 Å². The normalized spacial score (nSPS) is 13.5. The second kappa shape index (κ2) is 4.49. The topological polar surface area (TPSA) is 78.5 Å². The summed E-state index contributed by atoms with van der Waals surface area (Å²) in [6.45, 7) is 6.89. The summed E-state index contributed by atoms with van der Waals surface area (Å²) in [6.07, 6.45) is 4.45. The van der Waals surface area contributed by atoms with Gasteiger partial charge in [0.1, 0.15) is 5.60 Å². The van der Waals surface area contributed by atoms with Gasteiger partial charge in [-0.1, -0.05) is 0 Å². The highest BCUT2D eigenvalue weighted by Gasteiger charge is 2.25. The van der Waals surface area contributed by atoms with Crippen LogP contribution in [0.2, 0.25) is 0 Å². The molecule has 0 aliphatic carbocycles. The zero-order valence-corrected chi connectivity index (χ0v) is 11.3. The molecule has 0 spiro atoms. The Morgan fingerprint density at radius 1 is 1.42 bits per heavy atom. The highest BCUT2D eigenvalue weighted by atomic mass is 16.6. The molecule has 0 saturated carbocycles. The molecule has 0 aliphatic rings. The van der Waals surface area contributed by atoms with E-state index in [9.17, 15) is 9.59 Å². The molecule has 7 nitrogen and oxygen atoms in total. The van der Waals surface area contributed by atoms with Crippen LogP contribution in [0.15, 0.2) is 23.4 Å². The molecule has 2 rings (SSSR count). The van der Waals surface area contributed by atoms with Gasteiger partial charge in [0.15, 0.2) is 11.7 Å². The van der Waals surface area contributed by atoms with Crippen molar-refractivity contribution in [1.82, 2.24) is 19.2 Å². The summed E-state index contributed by atoms with van der Waals surface area (Å²) in [5.74, 6) is -0.494. The largest absolute Gasteiger partial charge is 0.458 e. The van der Waals surface area contributed by atoms with Gasteiger partial charge in [0.05, 0.1) is 6.20 Å². The van der Waals surface area contributed by atoms with Crippen molar-refractivity contribution in [2.24, 2.45) is 0 Å². The monoisotopic (exact) mass is 264 g/mol. The van der Waals surface area contributed by atoms with Gasteiger partial charge in [0.25, 0.3) is 0 Å². The van der Waals surface area contributed by atoms with Crippen molar-refractivity contribution in [2.45, 2.75) is 39.3 Å². The molecule has 0 N–H and O–H groups in total. The molecule has 7 heteroatoms. The van der Waals surface area contributed by atoms with Crippen molar-refractivity contribution in [3.63, 3.8) is 0 Å². The molecule has 0 aromatic carbocycles. The Hall–Kier alpha value is -2.18. The molecule has 1 unspecified atom stereocenters. The lowest BCUT2D eigenvalue weighted by Crippen LogP contribution is -2.34. The summed E-state index contributed by atoms with van der Waals surface area (Å²) in [7, 11) is 0. The molecule has 2 aromatic rings. The predicted octanol–water partition coefficient (Wildman–Crippen LogP) is 0.794. The molecule has 2 aromatic heterocycles. The van der Waals surface area contributed by atoms with Gasteiger partial charge >= 0.3 is 11.7 Å². The third-order valence-corrected chi connectivity index (χ3v) is 2.47. The van der Waals surface area contributed by atoms with Gasteiger partial charge in [-0.05, 0) is 27.7 Å². The first-order valence-electron chi connectivity index (χ1n) is 5.93. The fraction of sp³-hybridized carbons (Fsp3) is 0.500. The van der Waals surface area contributed by atoms with E-state index in [1.807, 2.05) is 0 Å². The van der Waals surface area contributed by atoms with Crippen LogP contribution in [0.4, 0.5) is 0 Å². The molecule has 102 valence electrons. The number of rotatable bonds is 2. The highest BCUT2D eigenvalue weighted by molar-refractivity contribution is 5.74. The highest BCUT2D eigenvalue weighted by Crippen LogP contribution is 2.13. The van der Waals surface area contributed by atoms with E-state index < -0.39 is 23.3 Å². The number of carbonyl (C=O) groups is 1. The first kappa shape index (κ1) is 13.3. The van der Waals surface area contributed by atoms with Crippen LogP contribution >= 0.6 is 0 Å². The van der Waals surface area contributed by atoms with E-state index in [0.29, 0.717) is 5.65 Å². The second-order valence-corrected chi connectivity index (χ2v) is 5.24. The summed E-state index contributed by atoms with van der Waals surface area (Å²) in [4.78, 5) is 27.9. The standard InChI is InChI=1S/C12H16N4O3/c1-8(10(17)19-12(2,3)4)16-11(18)15-6-5-13-7-9(15)14-16/h5-8H,1-4H3. The fourth-order valence-corrected chi connectivity index (χ4v) is 1.59. The van der Waals surface area contributed by atoms with E-state index in [-0.39, 0.29) is 0 Å². The van der Waals surface area contributed by atoms with Gasteiger partial charge in [0, 0.05) is 12.4 Å². The minimum atomic E-state index is -0.786. The Morgan fingerprint density at radius 3 is 2.68 bits per heavy atom. The summed E-state index contributed by atoms with van der Waals surface area (Å²) >= 11 is 0. The first-order valence-corrected chi connectivity index (χ1v) is 5.93. The average Bonchev–Trinajstić information content (AvgIpc) is 2.64. The average molecular weight is 264 g/mol. The third-order valence-electron chi connectivity index (χ3n) is 2.47. The molecule has 2 heterocycles. The van der Waals surface area contributed by atoms with Crippen molar-refractivity contribution in [1.29, 1.82) is 0 Å². The lowest BCUT2D eigenvalue weighted by atomic mass is 10.2. The molecular formula is C12H16N4O3. The van der Waals surface area contributed by atoms with Crippen molar-refractivity contribution >= 4 is 11.6 Å². The number of carbonyl (C=O) groups excluding carboxylic acids is 1. The van der Waals surface area contributed by atoms with E-state index in [1.54, 1.807) is 27.7 Å². The Labute approximate surface area is 109 Å². The Bertz CT molecular complexity index is 665. The molecule has 0 radical (unpaired) electrons. The third kappa shape index (κ3) is 2.64. The number of aromatic nitrogens is 4. The van der Waals surface area contributed by atoms with E-state index in [2.05, 4.69) is 10.1 Å². The van der Waals surface area contributed by atoms with Gasteiger partial charge in [0.2, 0.25) is 0 Å². The van der Waals surface area contributed by atoms with Crippen LogP contribution < -0.4 is 5.69 Å². The molecule has 19 heavy (non-hydrogen) atoms. The van der Waals surface area contributed by atoms with E-state index in [4.69, 9.17) is 4.74 Å². The number of nitrogens with zero attached hydrogens (tertiary/aromatic N) is 4. The second-order valence-electron chi connectivity index (χ2n) is 5.24. The smallest absolute Gasteiger partial charge is 0.351 e. The van der Waals surface area contributed by atoms with Crippen LogP contribution in [-0.2, 0) is 9.53 Å². The number of esters is 1. The summed E-state index contributed by atoms with van der Waals surface area (Å²) in [5, 5.41) is 4.07. The zero-order valence-electron chi connectivity index (χ0n) is 11.3. The Kier molecular flexibility index (Phi) is 3.13. The molecule has 0 amide bonds. The van der Waals surface area contributed by atoms with Gasteiger partial charge < -0.3 is 4.74 Å². The summed E-state index contributed by atoms with van der Waals surface area (Å²) < 4.78 is 7.67. The Morgan fingerprint density at radius 2 is 2.11 bits per heavy atom. The van der Waals surface area contributed by atoms with Crippen LogP contribution in [0, 0.1) is 0 Å². The minimum Gasteiger partial charge on any atom is -0.458 e. The van der Waals surface area contributed by atoms with E-state index >= 15 is 0 Å². The van der Waals surface area contributed by atoms with Gasteiger partial charge in [-0.25, -0.2) is 14.0 Å². The first-order chi connectivity index (χ1) is 8.79. The van der Waals surface area contributed by atoms with E-state index in [0.717, 1.165) is 4.68 Å². The van der Waals surface area contributed by atoms with Gasteiger partial charge in [-0.2, -0.15) is 4.68 Å². The lowest BCUT2D eigenvalue weighted by Gasteiger charge is -2.21. The fourth-order valence-electron chi connectivity index (χ4n) is 1.59. The molecule has 0 fully saturated rings. The lowest BCUT2D eigenvalue weighted by molar-refractivity contribution is -0.158. The van der Waals surface area contributed by atoms with Crippen LogP contribution in [-0.4, -0.2) is 30.7 Å². The molecule has 0 bridgehead atoms. The molecular weight excluding hydrogens is 248 g/mol. The minimum absolute atomic E-state index is 0.392. The predicted molar refractivity (Wildman–Crippen MR) is 67.8 cm³/mol. The van der Waals surface area contributed by atoms with E-state index in [1.165, 1.54) is 23.0 Å². The maximum absolute atomic E-state index is 12.1. The quantitative estimate of drug-likeness (QED) is 0.749. The van der Waals surface area contributed by atoms with Crippen LogP contribution in [0.1, 0.15) is 33.7 Å². The van der Waals surface area contributed by atoms with Crippen molar-refractivity contribution in [2.75, 3.05) is 0 Å². The maximum atomic E-state index is 12.1. The SMILES string of the molecule is CC(C(=O)OC(C)(C)C)n1nc2cnccn2c1=O. The number of fused-ring (bicyclic) bond motifs is 1. The zero-order chi connectivity index (χ0) is 14.2. The molecule has 0 saturated heterocycles. The van der Waals surface area contributed by atoms with Crippen LogP contribution in [0.5, 0.6) is 0 Å².